The van der Waals surface area contributed by atoms with Crippen molar-refractivity contribution in [2.45, 2.75) is 19.1 Å². The molecule has 80 valence electrons. The zero-order chi connectivity index (χ0) is 10.5. The predicted octanol–water partition coefficient (Wildman–Crippen LogP) is 2.14. The Balaban J connectivity index is 1.73. The number of ether oxygens (including phenoxy) is 1. The van der Waals surface area contributed by atoms with E-state index in [0.717, 1.165) is 6.42 Å². The smallest absolute Gasteiger partial charge is 0.0717 e. The van der Waals surface area contributed by atoms with E-state index in [1.807, 2.05) is 42.5 Å². The number of rotatable bonds is 4. The number of benzene rings is 1. The molecule has 1 aliphatic carbocycles. The molecule has 0 heterocycles. The lowest BCUT2D eigenvalue weighted by Crippen LogP contribution is -2.18. The maximum Gasteiger partial charge on any atom is 0.0717 e. The lowest BCUT2D eigenvalue weighted by atomic mass is 10.1. The van der Waals surface area contributed by atoms with E-state index in [0.29, 0.717) is 13.2 Å². The minimum Gasteiger partial charge on any atom is -0.392 e. The van der Waals surface area contributed by atoms with Crippen molar-refractivity contribution in [3.63, 3.8) is 0 Å². The first kappa shape index (κ1) is 10.4. The van der Waals surface area contributed by atoms with Gasteiger partial charge in [-0.1, -0.05) is 42.5 Å². The molecular weight excluding hydrogens is 188 g/mol. The van der Waals surface area contributed by atoms with Crippen LogP contribution in [0.2, 0.25) is 0 Å². The van der Waals surface area contributed by atoms with Crippen molar-refractivity contribution >= 4 is 0 Å². The molecule has 1 N–H and O–H groups in total. The van der Waals surface area contributed by atoms with E-state index in [-0.39, 0.29) is 12.0 Å². The molecule has 0 aromatic heterocycles. The van der Waals surface area contributed by atoms with Gasteiger partial charge in [0.25, 0.3) is 0 Å². The summed E-state index contributed by atoms with van der Waals surface area (Å²) in [6.45, 7) is 1.23. The quantitative estimate of drug-likeness (QED) is 0.761. The van der Waals surface area contributed by atoms with Crippen molar-refractivity contribution in [3.8, 4) is 0 Å². The standard InChI is InChI=1S/C13H16O2/c14-13-8-4-7-12(13)10-15-9-11-5-2-1-3-6-11/h1-7,12-14H,8-10H2/t12-,13-/m0/s1. The first-order chi connectivity index (χ1) is 7.36. The summed E-state index contributed by atoms with van der Waals surface area (Å²) in [7, 11) is 0. The lowest BCUT2D eigenvalue weighted by molar-refractivity contribution is 0.0479. The lowest BCUT2D eigenvalue weighted by Gasteiger charge is -2.13. The van der Waals surface area contributed by atoms with Crippen molar-refractivity contribution < 1.29 is 9.84 Å². The molecule has 2 nitrogen and oxygen atoms in total. The summed E-state index contributed by atoms with van der Waals surface area (Å²) in [5.74, 6) is 0.175. The third kappa shape index (κ3) is 2.91. The van der Waals surface area contributed by atoms with E-state index in [2.05, 4.69) is 0 Å². The van der Waals surface area contributed by atoms with E-state index < -0.39 is 0 Å². The van der Waals surface area contributed by atoms with Gasteiger partial charge < -0.3 is 9.84 Å². The van der Waals surface area contributed by atoms with Crippen LogP contribution in [0.1, 0.15) is 12.0 Å². The average molecular weight is 204 g/mol. The summed E-state index contributed by atoms with van der Waals surface area (Å²) in [4.78, 5) is 0. The average Bonchev–Trinajstić information content (AvgIpc) is 2.66. The van der Waals surface area contributed by atoms with Gasteiger partial charge in [-0.2, -0.15) is 0 Å². The van der Waals surface area contributed by atoms with Gasteiger partial charge in [-0.15, -0.1) is 0 Å². The number of aliphatic hydroxyl groups excluding tert-OH is 1. The summed E-state index contributed by atoms with van der Waals surface area (Å²) in [6, 6.07) is 10.1. The Kier molecular flexibility index (Phi) is 3.54. The normalized spacial score (nSPS) is 24.6. The van der Waals surface area contributed by atoms with Gasteiger partial charge >= 0.3 is 0 Å². The summed E-state index contributed by atoms with van der Waals surface area (Å²) in [6.07, 6.45) is 4.57. The van der Waals surface area contributed by atoms with Crippen LogP contribution in [0, 0.1) is 5.92 Å². The molecule has 1 aromatic carbocycles. The summed E-state index contributed by atoms with van der Waals surface area (Å²) < 4.78 is 5.56. The predicted molar refractivity (Wildman–Crippen MR) is 59.4 cm³/mol. The van der Waals surface area contributed by atoms with Gasteiger partial charge in [0, 0.05) is 5.92 Å². The molecule has 1 aromatic rings. The van der Waals surface area contributed by atoms with Crippen molar-refractivity contribution in [3.05, 3.63) is 48.0 Å². The Hall–Kier alpha value is -1.12. The molecule has 0 unspecified atom stereocenters. The van der Waals surface area contributed by atoms with E-state index in [1.54, 1.807) is 0 Å². The fraction of sp³-hybridized carbons (Fsp3) is 0.385. The highest BCUT2D eigenvalue weighted by Crippen LogP contribution is 2.18. The molecule has 0 radical (unpaired) electrons. The van der Waals surface area contributed by atoms with Crippen LogP contribution in [0.5, 0.6) is 0 Å². The van der Waals surface area contributed by atoms with Gasteiger partial charge in [0.2, 0.25) is 0 Å². The van der Waals surface area contributed by atoms with Crippen molar-refractivity contribution in [2.24, 2.45) is 5.92 Å². The highest BCUT2D eigenvalue weighted by atomic mass is 16.5. The molecule has 0 saturated carbocycles. The molecule has 0 fully saturated rings. The van der Waals surface area contributed by atoms with Crippen molar-refractivity contribution in [1.29, 1.82) is 0 Å². The van der Waals surface area contributed by atoms with Crippen LogP contribution in [0.25, 0.3) is 0 Å². The molecule has 0 aliphatic heterocycles. The Morgan fingerprint density at radius 1 is 1.27 bits per heavy atom. The fourth-order valence-corrected chi connectivity index (χ4v) is 1.75. The van der Waals surface area contributed by atoms with Gasteiger partial charge in [0.1, 0.15) is 0 Å². The van der Waals surface area contributed by atoms with Crippen LogP contribution in [0.4, 0.5) is 0 Å². The third-order valence-corrected chi connectivity index (χ3v) is 2.68. The molecule has 2 rings (SSSR count). The van der Waals surface area contributed by atoms with Crippen LogP contribution in [0.15, 0.2) is 42.5 Å². The molecule has 0 spiro atoms. The maximum atomic E-state index is 9.54. The highest BCUT2D eigenvalue weighted by Gasteiger charge is 2.19. The first-order valence-corrected chi connectivity index (χ1v) is 5.32. The largest absolute Gasteiger partial charge is 0.392 e. The second-order valence-electron chi connectivity index (χ2n) is 3.90. The van der Waals surface area contributed by atoms with Gasteiger partial charge in [-0.3, -0.25) is 0 Å². The highest BCUT2D eigenvalue weighted by molar-refractivity contribution is 5.13. The van der Waals surface area contributed by atoms with E-state index >= 15 is 0 Å². The zero-order valence-corrected chi connectivity index (χ0v) is 8.67. The monoisotopic (exact) mass is 204 g/mol. The van der Waals surface area contributed by atoms with Gasteiger partial charge in [0.05, 0.1) is 19.3 Å². The number of hydrogen-bond acceptors (Lipinski definition) is 2. The van der Waals surface area contributed by atoms with Crippen molar-refractivity contribution in [2.75, 3.05) is 6.61 Å². The molecule has 0 amide bonds. The first-order valence-electron chi connectivity index (χ1n) is 5.32. The van der Waals surface area contributed by atoms with E-state index in [1.165, 1.54) is 5.56 Å². The molecule has 2 heteroatoms. The second kappa shape index (κ2) is 5.10. The van der Waals surface area contributed by atoms with Gasteiger partial charge in [0.15, 0.2) is 0 Å². The minimum atomic E-state index is -0.249. The third-order valence-electron chi connectivity index (χ3n) is 2.68. The van der Waals surface area contributed by atoms with Crippen LogP contribution < -0.4 is 0 Å². The summed E-state index contributed by atoms with van der Waals surface area (Å²) >= 11 is 0. The van der Waals surface area contributed by atoms with Crippen LogP contribution in [0.3, 0.4) is 0 Å². The molecule has 15 heavy (non-hydrogen) atoms. The topological polar surface area (TPSA) is 29.5 Å². The molecule has 1 aliphatic rings. The molecular formula is C13H16O2. The van der Waals surface area contributed by atoms with E-state index in [4.69, 9.17) is 4.74 Å². The summed E-state index contributed by atoms with van der Waals surface area (Å²) in [5, 5.41) is 9.54. The Morgan fingerprint density at radius 3 is 2.73 bits per heavy atom. The van der Waals surface area contributed by atoms with Crippen molar-refractivity contribution in [1.82, 2.24) is 0 Å². The zero-order valence-electron chi connectivity index (χ0n) is 8.67. The Labute approximate surface area is 90.2 Å². The van der Waals surface area contributed by atoms with E-state index in [9.17, 15) is 5.11 Å². The molecule has 2 atom stereocenters. The van der Waals surface area contributed by atoms with Gasteiger partial charge in [-0.25, -0.2) is 0 Å². The Bertz CT molecular complexity index is 319. The van der Waals surface area contributed by atoms with Crippen LogP contribution >= 0.6 is 0 Å². The SMILES string of the molecule is O[C@H]1CC=C[C@H]1COCc1ccccc1. The summed E-state index contributed by atoms with van der Waals surface area (Å²) in [5.41, 5.74) is 1.17. The second-order valence-corrected chi connectivity index (χ2v) is 3.90. The maximum absolute atomic E-state index is 9.54. The minimum absolute atomic E-state index is 0.175. The van der Waals surface area contributed by atoms with Crippen LogP contribution in [-0.2, 0) is 11.3 Å². The molecule has 0 saturated heterocycles. The Morgan fingerprint density at radius 2 is 2.07 bits per heavy atom. The van der Waals surface area contributed by atoms with Gasteiger partial charge in [-0.05, 0) is 12.0 Å². The van der Waals surface area contributed by atoms with Crippen LogP contribution in [-0.4, -0.2) is 17.8 Å². The fourth-order valence-electron chi connectivity index (χ4n) is 1.75. The molecule has 0 bridgehead atoms. The number of hydrogen-bond donors (Lipinski definition) is 1. The number of aliphatic hydroxyl groups is 1.